The van der Waals surface area contributed by atoms with Crippen LogP contribution in [-0.4, -0.2) is 36.1 Å². The molecule has 1 aliphatic rings. The van der Waals surface area contributed by atoms with Crippen LogP contribution >= 0.6 is 11.3 Å². The van der Waals surface area contributed by atoms with Crippen LogP contribution in [0.2, 0.25) is 0 Å². The Labute approximate surface area is 149 Å². The van der Waals surface area contributed by atoms with Gasteiger partial charge in [-0.2, -0.15) is 0 Å². The van der Waals surface area contributed by atoms with Crippen LogP contribution in [0, 0.1) is 0 Å². The van der Waals surface area contributed by atoms with Crippen molar-refractivity contribution < 1.29 is 0 Å². The molecule has 2 aromatic heterocycles. The molecule has 0 unspecified atom stereocenters. The molecule has 0 bridgehead atoms. The SMILES string of the molecule is Nc1ccc(N2CCN(c3nc(-c4cccs4)cc(=O)[nH]3)CC2)cc1. The number of nitrogens with zero attached hydrogens (tertiary/aromatic N) is 3. The van der Waals surface area contributed by atoms with Gasteiger partial charge in [0.15, 0.2) is 0 Å². The lowest BCUT2D eigenvalue weighted by molar-refractivity contribution is 0.639. The van der Waals surface area contributed by atoms with Crippen LogP contribution in [0.3, 0.4) is 0 Å². The van der Waals surface area contributed by atoms with Crippen molar-refractivity contribution in [2.24, 2.45) is 0 Å². The maximum absolute atomic E-state index is 12.0. The summed E-state index contributed by atoms with van der Waals surface area (Å²) in [6.45, 7) is 3.36. The first-order chi connectivity index (χ1) is 12.2. The second-order valence-corrected chi connectivity index (χ2v) is 6.94. The molecular formula is C18H19N5OS. The number of aromatic amines is 1. The largest absolute Gasteiger partial charge is 0.399 e. The third-order valence-corrected chi connectivity index (χ3v) is 5.23. The number of nitrogens with two attached hydrogens (primary N) is 1. The van der Waals surface area contributed by atoms with Gasteiger partial charge in [0.05, 0.1) is 10.6 Å². The number of hydrogen-bond donors (Lipinski definition) is 2. The van der Waals surface area contributed by atoms with Gasteiger partial charge in [-0.3, -0.25) is 9.78 Å². The summed E-state index contributed by atoms with van der Waals surface area (Å²) < 4.78 is 0. The predicted molar refractivity (Wildman–Crippen MR) is 103 cm³/mol. The number of hydrogen-bond acceptors (Lipinski definition) is 6. The summed E-state index contributed by atoms with van der Waals surface area (Å²) in [5, 5.41) is 1.99. The summed E-state index contributed by atoms with van der Waals surface area (Å²) in [4.78, 5) is 25.0. The van der Waals surface area contributed by atoms with E-state index in [4.69, 9.17) is 5.73 Å². The Morgan fingerprint density at radius 2 is 1.76 bits per heavy atom. The van der Waals surface area contributed by atoms with Crippen molar-refractivity contribution in [1.82, 2.24) is 9.97 Å². The van der Waals surface area contributed by atoms with E-state index in [-0.39, 0.29) is 5.56 Å². The van der Waals surface area contributed by atoms with Crippen molar-refractivity contribution in [3.63, 3.8) is 0 Å². The molecule has 25 heavy (non-hydrogen) atoms. The Hall–Kier alpha value is -2.80. The molecule has 3 heterocycles. The highest BCUT2D eigenvalue weighted by Crippen LogP contribution is 2.24. The highest BCUT2D eigenvalue weighted by atomic mass is 32.1. The van der Waals surface area contributed by atoms with Gasteiger partial charge in [0.25, 0.3) is 5.56 Å². The molecule has 7 heteroatoms. The number of nitrogens with one attached hydrogen (secondary N) is 1. The molecule has 0 aliphatic carbocycles. The van der Waals surface area contributed by atoms with Gasteiger partial charge in [-0.1, -0.05) is 6.07 Å². The Morgan fingerprint density at radius 1 is 1.04 bits per heavy atom. The minimum atomic E-state index is -0.116. The van der Waals surface area contributed by atoms with E-state index in [9.17, 15) is 4.79 Å². The van der Waals surface area contributed by atoms with Crippen molar-refractivity contribution in [2.75, 3.05) is 41.7 Å². The van der Waals surface area contributed by atoms with Gasteiger partial charge in [-0.25, -0.2) is 4.98 Å². The van der Waals surface area contributed by atoms with Crippen molar-refractivity contribution in [3.05, 3.63) is 58.2 Å². The predicted octanol–water partition coefficient (Wildman–Crippen LogP) is 2.41. The van der Waals surface area contributed by atoms with Crippen molar-refractivity contribution in [2.45, 2.75) is 0 Å². The molecular weight excluding hydrogens is 334 g/mol. The molecule has 0 spiro atoms. The molecule has 0 radical (unpaired) electrons. The highest BCUT2D eigenvalue weighted by Gasteiger charge is 2.19. The zero-order valence-corrected chi connectivity index (χ0v) is 14.5. The third kappa shape index (κ3) is 3.36. The summed E-state index contributed by atoms with van der Waals surface area (Å²) in [6.07, 6.45) is 0. The molecule has 128 valence electrons. The fourth-order valence-electron chi connectivity index (χ4n) is 3.01. The average Bonchev–Trinajstić information content (AvgIpc) is 3.17. The minimum absolute atomic E-state index is 0.116. The van der Waals surface area contributed by atoms with Gasteiger partial charge in [0, 0.05) is 43.6 Å². The van der Waals surface area contributed by atoms with Gasteiger partial charge >= 0.3 is 0 Å². The highest BCUT2D eigenvalue weighted by molar-refractivity contribution is 7.13. The summed E-state index contributed by atoms with van der Waals surface area (Å²) in [5.74, 6) is 0.646. The summed E-state index contributed by atoms with van der Waals surface area (Å²) in [6, 6.07) is 13.4. The smallest absolute Gasteiger partial charge is 0.252 e. The van der Waals surface area contributed by atoms with Gasteiger partial charge in [-0.15, -0.1) is 11.3 Å². The lowest BCUT2D eigenvalue weighted by Gasteiger charge is -2.36. The Morgan fingerprint density at radius 3 is 2.44 bits per heavy atom. The normalized spacial score (nSPS) is 14.7. The van der Waals surface area contributed by atoms with Crippen LogP contribution in [-0.2, 0) is 0 Å². The number of piperazine rings is 1. The molecule has 1 aliphatic heterocycles. The first kappa shape index (κ1) is 15.7. The average molecular weight is 353 g/mol. The monoisotopic (exact) mass is 353 g/mol. The molecule has 0 atom stereocenters. The van der Waals surface area contributed by atoms with Crippen LogP contribution in [0.1, 0.15) is 0 Å². The van der Waals surface area contributed by atoms with E-state index in [1.807, 2.05) is 41.8 Å². The van der Waals surface area contributed by atoms with Gasteiger partial charge in [-0.05, 0) is 35.7 Å². The van der Waals surface area contributed by atoms with Gasteiger partial charge < -0.3 is 15.5 Å². The molecule has 6 nitrogen and oxygen atoms in total. The Balaban J connectivity index is 1.51. The van der Waals surface area contributed by atoms with Crippen molar-refractivity contribution in [3.8, 4) is 10.6 Å². The summed E-state index contributed by atoms with van der Waals surface area (Å²) in [7, 11) is 0. The number of nitrogen functional groups attached to an aromatic ring is 1. The number of benzene rings is 1. The molecule has 0 saturated carbocycles. The van der Waals surface area contributed by atoms with E-state index in [1.165, 1.54) is 5.69 Å². The Kier molecular flexibility index (Phi) is 4.15. The van der Waals surface area contributed by atoms with E-state index in [0.29, 0.717) is 5.95 Å². The fraction of sp³-hybridized carbons (Fsp3) is 0.222. The lowest BCUT2D eigenvalue weighted by atomic mass is 10.2. The van der Waals surface area contributed by atoms with Crippen LogP contribution < -0.4 is 21.1 Å². The third-order valence-electron chi connectivity index (χ3n) is 4.34. The van der Waals surface area contributed by atoms with Gasteiger partial charge in [0.2, 0.25) is 5.95 Å². The molecule has 4 rings (SSSR count). The lowest BCUT2D eigenvalue weighted by Crippen LogP contribution is -2.47. The molecule has 3 N–H and O–H groups in total. The quantitative estimate of drug-likeness (QED) is 0.707. The van der Waals surface area contributed by atoms with Crippen LogP contribution in [0.25, 0.3) is 10.6 Å². The van der Waals surface area contributed by atoms with Crippen molar-refractivity contribution in [1.29, 1.82) is 0 Å². The van der Waals surface area contributed by atoms with E-state index >= 15 is 0 Å². The van der Waals surface area contributed by atoms with Crippen LogP contribution in [0.5, 0.6) is 0 Å². The maximum atomic E-state index is 12.0. The number of aromatic nitrogens is 2. The summed E-state index contributed by atoms with van der Waals surface area (Å²) in [5.41, 5.74) is 8.31. The summed E-state index contributed by atoms with van der Waals surface area (Å²) >= 11 is 1.59. The molecule has 1 saturated heterocycles. The second-order valence-electron chi connectivity index (χ2n) is 6.00. The molecule has 1 aromatic carbocycles. The topological polar surface area (TPSA) is 78.2 Å². The van der Waals surface area contributed by atoms with E-state index < -0.39 is 0 Å². The van der Waals surface area contributed by atoms with E-state index in [2.05, 4.69) is 19.8 Å². The van der Waals surface area contributed by atoms with Crippen LogP contribution in [0.15, 0.2) is 52.6 Å². The zero-order valence-electron chi connectivity index (χ0n) is 13.7. The first-order valence-corrected chi connectivity index (χ1v) is 9.08. The zero-order chi connectivity index (χ0) is 17.2. The minimum Gasteiger partial charge on any atom is -0.399 e. The maximum Gasteiger partial charge on any atom is 0.252 e. The number of rotatable bonds is 3. The number of thiophene rings is 1. The van der Waals surface area contributed by atoms with Crippen molar-refractivity contribution >= 4 is 28.7 Å². The fourth-order valence-corrected chi connectivity index (χ4v) is 3.69. The number of anilines is 3. The Bertz CT molecular complexity index is 896. The second kappa shape index (κ2) is 6.60. The number of H-pyrrole nitrogens is 1. The standard InChI is InChI=1S/C18H19N5OS/c19-13-3-5-14(6-4-13)22-7-9-23(10-8-22)18-20-15(12-17(24)21-18)16-2-1-11-25-16/h1-6,11-12H,7-10,19H2,(H,20,21,24). The van der Waals surface area contributed by atoms with E-state index in [0.717, 1.165) is 42.4 Å². The van der Waals surface area contributed by atoms with E-state index in [1.54, 1.807) is 17.4 Å². The molecule has 3 aromatic rings. The molecule has 1 fully saturated rings. The first-order valence-electron chi connectivity index (χ1n) is 8.20. The molecule has 0 amide bonds. The van der Waals surface area contributed by atoms with Crippen LogP contribution in [0.4, 0.5) is 17.3 Å². The van der Waals surface area contributed by atoms with Gasteiger partial charge in [0.1, 0.15) is 0 Å².